The monoisotopic (exact) mass is 516 g/mol. The predicted molar refractivity (Wildman–Crippen MR) is 143 cm³/mol. The van der Waals surface area contributed by atoms with Crippen molar-refractivity contribution in [2.75, 3.05) is 19.8 Å². The number of aliphatic hydroxyl groups is 1. The Kier molecular flexibility index (Phi) is 8.63. The van der Waals surface area contributed by atoms with Gasteiger partial charge in [0.2, 0.25) is 0 Å². The fraction of sp³-hybridized carbons (Fsp3) is 0.300. The Morgan fingerprint density at radius 3 is 2.37 bits per heavy atom. The van der Waals surface area contributed by atoms with Gasteiger partial charge in [-0.05, 0) is 73.9 Å². The molecule has 0 saturated carbocycles. The van der Waals surface area contributed by atoms with E-state index in [1.165, 1.54) is 4.90 Å². The number of Topliss-reactive ketones (excluding diaryl/α,β-unsaturated/α-hetero) is 1. The van der Waals surface area contributed by atoms with Crippen LogP contribution in [0.3, 0.4) is 0 Å². The van der Waals surface area contributed by atoms with Crippen molar-refractivity contribution in [1.82, 2.24) is 9.88 Å². The summed E-state index contributed by atoms with van der Waals surface area (Å²) >= 11 is 0. The molecule has 1 aromatic heterocycles. The summed E-state index contributed by atoms with van der Waals surface area (Å²) in [4.78, 5) is 32.3. The molecule has 4 rings (SSSR count). The lowest BCUT2D eigenvalue weighted by Crippen LogP contribution is -2.29. The van der Waals surface area contributed by atoms with E-state index < -0.39 is 17.7 Å². The van der Waals surface area contributed by atoms with Gasteiger partial charge >= 0.3 is 0 Å². The summed E-state index contributed by atoms with van der Waals surface area (Å²) < 4.78 is 17.2. The number of aliphatic hydroxyl groups excluding tert-OH is 1. The van der Waals surface area contributed by atoms with Gasteiger partial charge in [0.1, 0.15) is 11.5 Å². The van der Waals surface area contributed by atoms with E-state index in [2.05, 4.69) is 4.98 Å². The molecule has 2 aromatic carbocycles. The normalized spacial score (nSPS) is 16.5. The second-order valence-electron chi connectivity index (χ2n) is 8.73. The Balaban J connectivity index is 1.84. The molecule has 1 N–H and O–H groups in total. The summed E-state index contributed by atoms with van der Waals surface area (Å²) in [6, 6.07) is 14.9. The lowest BCUT2D eigenvalue weighted by atomic mass is 9.94. The molecule has 3 aromatic rings. The van der Waals surface area contributed by atoms with Crippen LogP contribution in [0.25, 0.3) is 5.76 Å². The van der Waals surface area contributed by atoms with Gasteiger partial charge in [0, 0.05) is 24.5 Å². The van der Waals surface area contributed by atoms with Crippen LogP contribution in [0.1, 0.15) is 49.9 Å². The van der Waals surface area contributed by atoms with Gasteiger partial charge in [0.15, 0.2) is 11.5 Å². The molecule has 0 radical (unpaired) electrons. The molecule has 1 fully saturated rings. The highest BCUT2D eigenvalue weighted by molar-refractivity contribution is 6.46. The largest absolute Gasteiger partial charge is 0.507 e. The molecular weight excluding hydrogens is 484 g/mol. The van der Waals surface area contributed by atoms with Crippen molar-refractivity contribution >= 4 is 17.4 Å². The van der Waals surface area contributed by atoms with Gasteiger partial charge in [-0.1, -0.05) is 19.1 Å². The van der Waals surface area contributed by atoms with E-state index in [-0.39, 0.29) is 17.9 Å². The van der Waals surface area contributed by atoms with Crippen LogP contribution in [-0.2, 0) is 16.1 Å². The van der Waals surface area contributed by atoms with E-state index in [9.17, 15) is 14.7 Å². The fourth-order valence-electron chi connectivity index (χ4n) is 4.40. The number of carbonyl (C=O) groups excluding carboxylic acids is 2. The van der Waals surface area contributed by atoms with Crippen molar-refractivity contribution in [2.45, 2.75) is 39.8 Å². The maximum absolute atomic E-state index is 13.4. The van der Waals surface area contributed by atoms with Gasteiger partial charge in [-0.15, -0.1) is 0 Å². The Labute approximate surface area is 222 Å². The molecular formula is C30H32N2O6. The lowest BCUT2D eigenvalue weighted by Gasteiger charge is -2.26. The molecule has 1 amide bonds. The number of amides is 1. The number of pyridine rings is 1. The summed E-state index contributed by atoms with van der Waals surface area (Å²) in [7, 11) is 0. The summed E-state index contributed by atoms with van der Waals surface area (Å²) in [6.07, 6.45) is 4.13. The average Bonchev–Trinajstić information content (AvgIpc) is 3.18. The van der Waals surface area contributed by atoms with Crippen molar-refractivity contribution in [2.24, 2.45) is 0 Å². The van der Waals surface area contributed by atoms with E-state index >= 15 is 0 Å². The van der Waals surface area contributed by atoms with Gasteiger partial charge in [0.25, 0.3) is 11.7 Å². The minimum Gasteiger partial charge on any atom is -0.507 e. The Hall–Kier alpha value is -4.33. The van der Waals surface area contributed by atoms with E-state index in [1.807, 2.05) is 26.8 Å². The van der Waals surface area contributed by atoms with Gasteiger partial charge in [-0.25, -0.2) is 0 Å². The fourth-order valence-corrected chi connectivity index (χ4v) is 4.40. The zero-order chi connectivity index (χ0) is 27.1. The number of benzene rings is 2. The van der Waals surface area contributed by atoms with Crippen LogP contribution in [0.5, 0.6) is 17.2 Å². The Morgan fingerprint density at radius 1 is 0.947 bits per heavy atom. The second-order valence-corrected chi connectivity index (χ2v) is 8.73. The zero-order valence-corrected chi connectivity index (χ0v) is 21.8. The first-order valence-corrected chi connectivity index (χ1v) is 12.8. The van der Waals surface area contributed by atoms with Gasteiger partial charge in [0.05, 0.1) is 31.4 Å². The highest BCUT2D eigenvalue weighted by atomic mass is 16.5. The van der Waals surface area contributed by atoms with Crippen molar-refractivity contribution < 1.29 is 28.9 Å². The first kappa shape index (κ1) is 26.7. The number of likely N-dealkylation sites (tertiary alicyclic amines) is 1. The highest BCUT2D eigenvalue weighted by Crippen LogP contribution is 2.43. The third kappa shape index (κ3) is 5.64. The quantitative estimate of drug-likeness (QED) is 0.210. The molecule has 0 bridgehead atoms. The van der Waals surface area contributed by atoms with E-state index in [0.29, 0.717) is 48.2 Å². The summed E-state index contributed by atoms with van der Waals surface area (Å²) in [5, 5.41) is 11.4. The number of hydrogen-bond donors (Lipinski definition) is 1. The summed E-state index contributed by atoms with van der Waals surface area (Å²) in [6.45, 7) is 7.35. The van der Waals surface area contributed by atoms with Crippen molar-refractivity contribution in [3.63, 3.8) is 0 Å². The highest BCUT2D eigenvalue weighted by Gasteiger charge is 2.46. The van der Waals surface area contributed by atoms with Crippen LogP contribution in [-0.4, -0.2) is 46.5 Å². The van der Waals surface area contributed by atoms with Crippen molar-refractivity contribution in [3.8, 4) is 17.2 Å². The van der Waals surface area contributed by atoms with Crippen LogP contribution in [0.2, 0.25) is 0 Å². The Morgan fingerprint density at radius 2 is 1.71 bits per heavy atom. The lowest BCUT2D eigenvalue weighted by molar-refractivity contribution is -0.140. The summed E-state index contributed by atoms with van der Waals surface area (Å²) in [5.41, 5.74) is 1.79. The average molecular weight is 517 g/mol. The first-order valence-electron chi connectivity index (χ1n) is 12.8. The predicted octanol–water partition coefficient (Wildman–Crippen LogP) is 5.29. The molecule has 1 saturated heterocycles. The van der Waals surface area contributed by atoms with E-state index in [4.69, 9.17) is 14.2 Å². The van der Waals surface area contributed by atoms with Gasteiger partial charge < -0.3 is 24.2 Å². The summed E-state index contributed by atoms with van der Waals surface area (Å²) in [5.74, 6) is 0.0146. The van der Waals surface area contributed by atoms with E-state index in [1.54, 1.807) is 60.9 Å². The van der Waals surface area contributed by atoms with Crippen LogP contribution in [0.15, 0.2) is 72.6 Å². The van der Waals surface area contributed by atoms with E-state index in [0.717, 1.165) is 12.0 Å². The minimum absolute atomic E-state index is 0.00715. The van der Waals surface area contributed by atoms with Crippen molar-refractivity contribution in [3.05, 3.63) is 89.3 Å². The molecule has 0 aliphatic carbocycles. The molecule has 1 unspecified atom stereocenters. The third-order valence-corrected chi connectivity index (χ3v) is 6.10. The number of ketones is 1. The SMILES string of the molecule is CCCOc1ccc(C2/C(=C(\O)c3ccc(OCC)cc3)C(=O)C(=O)N2Cc2cccnc2)cc1OCC. The molecule has 1 atom stereocenters. The molecule has 2 heterocycles. The van der Waals surface area contributed by atoms with Crippen LogP contribution >= 0.6 is 0 Å². The number of rotatable bonds is 11. The molecule has 8 heteroatoms. The standard InChI is InChI=1S/C30H32N2O6/c1-4-16-38-24-14-11-22(17-25(24)37-6-3)27-26(28(33)21-9-12-23(13-10-21)36-5-2)29(34)30(35)32(27)19-20-8-7-15-31-18-20/h7-15,17-18,27,33H,4-6,16,19H2,1-3H3/b28-26+. The molecule has 8 nitrogen and oxygen atoms in total. The number of ether oxygens (including phenoxy) is 3. The number of aromatic nitrogens is 1. The van der Waals surface area contributed by atoms with Gasteiger partial charge in [-0.2, -0.15) is 0 Å². The molecule has 38 heavy (non-hydrogen) atoms. The van der Waals surface area contributed by atoms with Crippen LogP contribution < -0.4 is 14.2 Å². The van der Waals surface area contributed by atoms with Gasteiger partial charge in [-0.3, -0.25) is 14.6 Å². The smallest absolute Gasteiger partial charge is 0.295 e. The molecule has 1 aliphatic rings. The number of carbonyl (C=O) groups is 2. The molecule has 1 aliphatic heterocycles. The topological polar surface area (TPSA) is 98.2 Å². The molecule has 0 spiro atoms. The molecule has 198 valence electrons. The zero-order valence-electron chi connectivity index (χ0n) is 21.8. The maximum Gasteiger partial charge on any atom is 0.295 e. The van der Waals surface area contributed by atoms with Crippen LogP contribution in [0.4, 0.5) is 0 Å². The second kappa shape index (κ2) is 12.3. The Bertz CT molecular complexity index is 1300. The third-order valence-electron chi connectivity index (χ3n) is 6.10. The van der Waals surface area contributed by atoms with Crippen LogP contribution in [0, 0.1) is 0 Å². The number of hydrogen-bond acceptors (Lipinski definition) is 7. The number of nitrogens with zero attached hydrogens (tertiary/aromatic N) is 2. The van der Waals surface area contributed by atoms with Crippen molar-refractivity contribution in [1.29, 1.82) is 0 Å². The maximum atomic E-state index is 13.4. The first-order chi connectivity index (χ1) is 18.5. The minimum atomic E-state index is -0.846.